The molecule has 1 aliphatic heterocycles. The molecule has 2 nitrogen and oxygen atoms in total. The molecule has 2 saturated carbocycles. The first-order valence-electron chi connectivity index (χ1n) is 6.39. The lowest BCUT2D eigenvalue weighted by molar-refractivity contribution is -0.124. The van der Waals surface area contributed by atoms with Gasteiger partial charge in [0.1, 0.15) is 5.78 Å². The zero-order valence-electron chi connectivity index (χ0n) is 10.2. The average Bonchev–Trinajstić information content (AvgIpc) is 2.90. The zero-order chi connectivity index (χ0) is 11.5. The minimum Gasteiger partial charge on any atom is -0.366 e. The van der Waals surface area contributed by atoms with Gasteiger partial charge in [-0.15, -0.1) is 0 Å². The lowest BCUT2D eigenvalue weighted by atomic mass is 9.61. The Hall–Kier alpha value is -0.630. The first-order chi connectivity index (χ1) is 7.53. The maximum Gasteiger partial charge on any atom is 0.133 e. The fourth-order valence-electron chi connectivity index (χ4n) is 3.95. The Labute approximate surface area is 97.1 Å². The Bertz CT molecular complexity index is 358. The second-order valence-corrected chi connectivity index (χ2v) is 5.99. The van der Waals surface area contributed by atoms with E-state index in [1.165, 1.54) is 12.0 Å². The number of rotatable bonds is 1. The lowest BCUT2D eigenvalue weighted by Gasteiger charge is -2.41. The van der Waals surface area contributed by atoms with Gasteiger partial charge in [0.05, 0.1) is 11.7 Å². The quantitative estimate of drug-likeness (QED) is 0.502. The number of carbonyl (C=O) groups excluding carboxylic acids is 1. The summed E-state index contributed by atoms with van der Waals surface area (Å²) >= 11 is 0. The maximum atomic E-state index is 11.7. The topological polar surface area (TPSA) is 29.6 Å². The Morgan fingerprint density at radius 3 is 2.94 bits per heavy atom. The molecule has 1 heterocycles. The zero-order valence-corrected chi connectivity index (χ0v) is 10.2. The first kappa shape index (κ1) is 10.5. The largest absolute Gasteiger partial charge is 0.366 e. The molecule has 2 aliphatic carbocycles. The van der Waals surface area contributed by atoms with Crippen molar-refractivity contribution in [3.63, 3.8) is 0 Å². The molecule has 0 spiro atoms. The molecule has 0 amide bonds. The van der Waals surface area contributed by atoms with Gasteiger partial charge in [-0.2, -0.15) is 0 Å². The molecule has 0 aromatic rings. The van der Waals surface area contributed by atoms with Crippen molar-refractivity contribution < 1.29 is 9.53 Å². The van der Waals surface area contributed by atoms with E-state index in [1.807, 2.05) is 0 Å². The molecule has 5 atom stereocenters. The van der Waals surface area contributed by atoms with Crippen LogP contribution in [0.25, 0.3) is 0 Å². The standard InChI is InChI=1S/C14H20O2/c1-8-4-5-11(9(2)15)12-10(8)6-7-14(3)13(12)16-14/h10-13H,1,4-7H2,2-3H3/t10-,11-,12+,13+,14-/m1/s1. The van der Waals surface area contributed by atoms with E-state index < -0.39 is 0 Å². The van der Waals surface area contributed by atoms with Gasteiger partial charge in [-0.05, 0) is 45.4 Å². The highest BCUT2D eigenvalue weighted by atomic mass is 16.6. The molecular formula is C14H20O2. The van der Waals surface area contributed by atoms with Gasteiger partial charge in [0.2, 0.25) is 0 Å². The Kier molecular flexibility index (Phi) is 2.10. The first-order valence-corrected chi connectivity index (χ1v) is 6.39. The lowest BCUT2D eigenvalue weighted by Crippen LogP contribution is -2.42. The summed E-state index contributed by atoms with van der Waals surface area (Å²) in [6.07, 6.45) is 4.67. The molecule has 16 heavy (non-hydrogen) atoms. The number of hydrogen-bond acceptors (Lipinski definition) is 2. The second kappa shape index (κ2) is 3.19. The molecule has 0 radical (unpaired) electrons. The average molecular weight is 220 g/mol. The van der Waals surface area contributed by atoms with E-state index >= 15 is 0 Å². The van der Waals surface area contributed by atoms with Gasteiger partial charge in [0, 0.05) is 11.8 Å². The van der Waals surface area contributed by atoms with E-state index in [2.05, 4.69) is 13.5 Å². The number of Topliss-reactive ketones (excluding diaryl/α,β-unsaturated/α-hetero) is 1. The number of ketones is 1. The van der Waals surface area contributed by atoms with Crippen LogP contribution in [0.1, 0.15) is 39.5 Å². The predicted molar refractivity (Wildman–Crippen MR) is 62.0 cm³/mol. The van der Waals surface area contributed by atoms with Crippen LogP contribution in [-0.2, 0) is 9.53 Å². The molecule has 0 aromatic heterocycles. The highest BCUT2D eigenvalue weighted by molar-refractivity contribution is 5.79. The molecule has 0 unspecified atom stereocenters. The van der Waals surface area contributed by atoms with Crippen LogP contribution < -0.4 is 0 Å². The van der Waals surface area contributed by atoms with Crippen molar-refractivity contribution in [1.82, 2.24) is 0 Å². The molecule has 3 aliphatic rings. The summed E-state index contributed by atoms with van der Waals surface area (Å²) in [5.41, 5.74) is 1.45. The third-order valence-corrected chi connectivity index (χ3v) is 4.99. The highest BCUT2D eigenvalue weighted by Crippen LogP contribution is 2.58. The van der Waals surface area contributed by atoms with Gasteiger partial charge >= 0.3 is 0 Å². The van der Waals surface area contributed by atoms with Crippen LogP contribution in [0.5, 0.6) is 0 Å². The van der Waals surface area contributed by atoms with Crippen molar-refractivity contribution in [3.05, 3.63) is 12.2 Å². The summed E-state index contributed by atoms with van der Waals surface area (Å²) in [6, 6.07) is 0. The Morgan fingerprint density at radius 2 is 2.25 bits per heavy atom. The van der Waals surface area contributed by atoms with Crippen molar-refractivity contribution in [3.8, 4) is 0 Å². The normalized spacial score (nSPS) is 50.5. The van der Waals surface area contributed by atoms with Crippen molar-refractivity contribution in [2.24, 2.45) is 17.8 Å². The molecule has 2 heteroatoms. The van der Waals surface area contributed by atoms with Gasteiger partial charge in [0.25, 0.3) is 0 Å². The fourth-order valence-corrected chi connectivity index (χ4v) is 3.95. The van der Waals surface area contributed by atoms with Crippen molar-refractivity contribution in [2.45, 2.75) is 51.2 Å². The second-order valence-electron chi connectivity index (χ2n) is 5.99. The number of hydrogen-bond donors (Lipinski definition) is 0. The van der Waals surface area contributed by atoms with Crippen LogP contribution in [0.3, 0.4) is 0 Å². The molecule has 88 valence electrons. The monoisotopic (exact) mass is 220 g/mol. The Morgan fingerprint density at radius 1 is 1.50 bits per heavy atom. The summed E-state index contributed by atoms with van der Waals surface area (Å²) in [5.74, 6) is 1.55. The minimum absolute atomic E-state index is 0.0898. The van der Waals surface area contributed by atoms with E-state index in [0.29, 0.717) is 23.7 Å². The molecule has 1 saturated heterocycles. The molecule has 0 aromatic carbocycles. The van der Waals surface area contributed by atoms with E-state index in [-0.39, 0.29) is 11.5 Å². The van der Waals surface area contributed by atoms with Crippen LogP contribution >= 0.6 is 0 Å². The van der Waals surface area contributed by atoms with Gasteiger partial charge in [-0.3, -0.25) is 4.79 Å². The summed E-state index contributed by atoms with van der Waals surface area (Å²) in [6.45, 7) is 8.14. The van der Waals surface area contributed by atoms with Gasteiger partial charge < -0.3 is 4.74 Å². The summed E-state index contributed by atoms with van der Waals surface area (Å²) in [7, 11) is 0. The highest BCUT2D eigenvalue weighted by Gasteiger charge is 2.63. The number of ether oxygens (including phenoxy) is 1. The number of allylic oxidation sites excluding steroid dienone is 1. The molecule has 0 bridgehead atoms. The number of carbonyl (C=O) groups is 1. The van der Waals surface area contributed by atoms with Gasteiger partial charge in [0.15, 0.2) is 0 Å². The number of epoxide rings is 1. The fraction of sp³-hybridized carbons (Fsp3) is 0.786. The van der Waals surface area contributed by atoms with Crippen molar-refractivity contribution >= 4 is 5.78 Å². The van der Waals surface area contributed by atoms with Gasteiger partial charge in [-0.1, -0.05) is 12.2 Å². The van der Waals surface area contributed by atoms with E-state index in [0.717, 1.165) is 19.3 Å². The Balaban J connectivity index is 1.91. The van der Waals surface area contributed by atoms with Gasteiger partial charge in [-0.25, -0.2) is 0 Å². The molecule has 3 rings (SSSR count). The van der Waals surface area contributed by atoms with Crippen LogP contribution in [0.4, 0.5) is 0 Å². The van der Waals surface area contributed by atoms with Crippen molar-refractivity contribution in [1.29, 1.82) is 0 Å². The third-order valence-electron chi connectivity index (χ3n) is 4.99. The maximum absolute atomic E-state index is 11.7. The SMILES string of the molecule is C=C1CC[C@H](C(C)=O)[C@@H]2[C@@H]1CC[C@@]1(C)O[C@@H]21. The molecule has 3 fully saturated rings. The summed E-state index contributed by atoms with van der Waals surface area (Å²) in [5, 5.41) is 0. The van der Waals surface area contributed by atoms with E-state index in [4.69, 9.17) is 4.74 Å². The van der Waals surface area contributed by atoms with Crippen LogP contribution in [0, 0.1) is 17.8 Å². The number of fused-ring (bicyclic) bond motifs is 3. The predicted octanol–water partition coefficient (Wildman–Crippen LogP) is 2.73. The van der Waals surface area contributed by atoms with E-state index in [9.17, 15) is 4.79 Å². The third kappa shape index (κ3) is 1.32. The van der Waals surface area contributed by atoms with Crippen molar-refractivity contribution in [2.75, 3.05) is 0 Å². The smallest absolute Gasteiger partial charge is 0.133 e. The summed E-state index contributed by atoms with van der Waals surface area (Å²) < 4.78 is 5.87. The summed E-state index contributed by atoms with van der Waals surface area (Å²) in [4.78, 5) is 11.7. The van der Waals surface area contributed by atoms with E-state index in [1.54, 1.807) is 6.92 Å². The minimum atomic E-state index is 0.0898. The van der Waals surface area contributed by atoms with Crippen LogP contribution in [-0.4, -0.2) is 17.5 Å². The molecular weight excluding hydrogens is 200 g/mol. The van der Waals surface area contributed by atoms with Crippen LogP contribution in [0.2, 0.25) is 0 Å². The molecule has 0 N–H and O–H groups in total. The van der Waals surface area contributed by atoms with Crippen LogP contribution in [0.15, 0.2) is 12.2 Å².